The maximum absolute atomic E-state index is 14.3. The van der Waals surface area contributed by atoms with Gasteiger partial charge in [0.25, 0.3) is 0 Å². The molecule has 3 N–H and O–H groups in total. The molecule has 3 heterocycles. The Balaban J connectivity index is 1.32. The molecule has 3 amide bonds. The quantitative estimate of drug-likeness (QED) is 0.484. The van der Waals surface area contributed by atoms with E-state index in [2.05, 4.69) is 24.5 Å². The van der Waals surface area contributed by atoms with Gasteiger partial charge < -0.3 is 25.4 Å². The first-order valence-electron chi connectivity index (χ1n) is 15.0. The number of ether oxygens (including phenoxy) is 1. The number of anilines is 1. The third kappa shape index (κ3) is 4.80. The molecule has 4 aliphatic rings. The van der Waals surface area contributed by atoms with E-state index in [1.807, 2.05) is 32.0 Å². The van der Waals surface area contributed by atoms with Gasteiger partial charge in [-0.2, -0.15) is 0 Å². The van der Waals surface area contributed by atoms with Gasteiger partial charge in [0.15, 0.2) is 0 Å². The number of fused-ring (bicyclic) bond motifs is 1. The van der Waals surface area contributed by atoms with Crippen molar-refractivity contribution in [1.29, 1.82) is 0 Å². The highest BCUT2D eigenvalue weighted by molar-refractivity contribution is 6.03. The first-order valence-corrected chi connectivity index (χ1v) is 15.0. The average molecular weight is 560 g/mol. The number of nitrogens with zero attached hydrogens (tertiary/aromatic N) is 1. The summed E-state index contributed by atoms with van der Waals surface area (Å²) in [6, 6.07) is 11.7. The van der Waals surface area contributed by atoms with Crippen LogP contribution in [0.5, 0.6) is 5.75 Å². The summed E-state index contributed by atoms with van der Waals surface area (Å²) in [4.78, 5) is 43.9. The Bertz CT molecular complexity index is 1340. The molecule has 1 aliphatic carbocycles. The highest BCUT2D eigenvalue weighted by Crippen LogP contribution is 2.58. The fourth-order valence-electron chi connectivity index (χ4n) is 8.04. The molecule has 4 fully saturated rings. The first kappa shape index (κ1) is 27.8. The van der Waals surface area contributed by atoms with E-state index in [1.165, 1.54) is 0 Å². The smallest absolute Gasteiger partial charge is 0.250 e. The Morgan fingerprint density at radius 2 is 1.73 bits per heavy atom. The van der Waals surface area contributed by atoms with Gasteiger partial charge in [-0.15, -0.1) is 0 Å². The molecule has 2 bridgehead atoms. The van der Waals surface area contributed by atoms with Crippen molar-refractivity contribution in [3.63, 3.8) is 0 Å². The predicted octanol–water partition coefficient (Wildman–Crippen LogP) is 4.46. The van der Waals surface area contributed by atoms with Gasteiger partial charge in [-0.05, 0) is 85.9 Å². The molecule has 8 nitrogen and oxygen atoms in total. The van der Waals surface area contributed by atoms with Crippen LogP contribution in [0.25, 0.3) is 0 Å². The second kappa shape index (κ2) is 10.5. The number of carbonyl (C=O) groups is 3. The third-order valence-corrected chi connectivity index (χ3v) is 10.2. The number of hydrogen-bond donors (Lipinski definition) is 3. The maximum Gasteiger partial charge on any atom is 0.250 e. The molecule has 1 spiro atoms. The van der Waals surface area contributed by atoms with Crippen molar-refractivity contribution in [2.75, 3.05) is 5.32 Å². The molecule has 2 aromatic rings. The lowest BCUT2D eigenvalue weighted by molar-refractivity contribution is -0.141. The van der Waals surface area contributed by atoms with Gasteiger partial charge in [0, 0.05) is 18.3 Å². The number of nitrogens with one attached hydrogen (secondary N) is 2. The highest BCUT2D eigenvalue weighted by atomic mass is 16.5. The second-order valence-corrected chi connectivity index (χ2v) is 12.9. The van der Waals surface area contributed by atoms with Gasteiger partial charge in [0.05, 0.1) is 17.9 Å². The molecule has 8 heteroatoms. The minimum absolute atomic E-state index is 0.0783. The van der Waals surface area contributed by atoms with Crippen LogP contribution in [0.1, 0.15) is 62.6 Å². The Labute approximate surface area is 241 Å². The van der Waals surface area contributed by atoms with E-state index in [1.54, 1.807) is 29.2 Å². The topological polar surface area (TPSA) is 108 Å². The van der Waals surface area contributed by atoms with E-state index in [4.69, 9.17) is 4.74 Å². The molecular formula is C33H41N3O5. The van der Waals surface area contributed by atoms with Crippen LogP contribution < -0.4 is 10.6 Å². The minimum Gasteiger partial charge on any atom is -0.508 e. The number of benzene rings is 2. The number of phenolic OH excluding ortho intramolecular Hbond substituents is 1. The van der Waals surface area contributed by atoms with E-state index < -0.39 is 23.5 Å². The third-order valence-electron chi connectivity index (χ3n) is 10.2. The summed E-state index contributed by atoms with van der Waals surface area (Å²) in [7, 11) is 0. The van der Waals surface area contributed by atoms with Gasteiger partial charge in [-0.3, -0.25) is 14.4 Å². The summed E-state index contributed by atoms with van der Waals surface area (Å²) in [5, 5.41) is 16.2. The van der Waals surface area contributed by atoms with Crippen LogP contribution in [-0.4, -0.2) is 51.5 Å². The molecular weight excluding hydrogens is 518 g/mol. The van der Waals surface area contributed by atoms with Crippen molar-refractivity contribution in [2.24, 2.45) is 23.7 Å². The van der Waals surface area contributed by atoms with Crippen LogP contribution in [0.15, 0.2) is 42.5 Å². The Kier molecular flexibility index (Phi) is 7.09. The molecule has 6 rings (SSSR count). The zero-order valence-electron chi connectivity index (χ0n) is 24.4. The molecule has 41 heavy (non-hydrogen) atoms. The van der Waals surface area contributed by atoms with Crippen molar-refractivity contribution >= 4 is 23.4 Å². The largest absolute Gasteiger partial charge is 0.508 e. The summed E-state index contributed by atoms with van der Waals surface area (Å²) in [5.74, 6) is -0.961. The molecule has 2 aromatic carbocycles. The lowest BCUT2D eigenvalue weighted by Crippen LogP contribution is -2.54. The van der Waals surface area contributed by atoms with Crippen LogP contribution in [0.3, 0.4) is 0 Å². The van der Waals surface area contributed by atoms with E-state index in [0.29, 0.717) is 30.4 Å². The molecule has 3 aliphatic heterocycles. The van der Waals surface area contributed by atoms with E-state index in [9.17, 15) is 19.5 Å². The van der Waals surface area contributed by atoms with E-state index in [-0.39, 0.29) is 42.2 Å². The van der Waals surface area contributed by atoms with E-state index >= 15 is 0 Å². The standard InChI is InChI=1S/C33H41N3O5/c1-18-14-19(2)16-23(15-18)34-31(39)29-33-13-12-26(41-33)27(30(38)35-25-7-5-6-20(3)21(25)4)28(33)32(40)36(29)17-22-8-10-24(37)11-9-22/h8-11,14-16,20-21,25-29,37H,5-7,12-13,17H2,1-4H3,(H,34,39)(H,35,38). The number of phenols is 1. The Hall–Kier alpha value is -3.39. The summed E-state index contributed by atoms with van der Waals surface area (Å²) >= 11 is 0. The van der Waals surface area contributed by atoms with Crippen LogP contribution >= 0.6 is 0 Å². The lowest BCUT2D eigenvalue weighted by atomic mass is 9.70. The minimum atomic E-state index is -1.06. The number of hydrogen-bond acceptors (Lipinski definition) is 5. The average Bonchev–Trinajstić information content (AvgIpc) is 3.55. The van der Waals surface area contributed by atoms with Crippen LogP contribution in [0, 0.1) is 37.5 Å². The first-order chi connectivity index (χ1) is 19.6. The zero-order chi connectivity index (χ0) is 29.1. The van der Waals surface area contributed by atoms with Gasteiger partial charge in [0.2, 0.25) is 17.7 Å². The lowest BCUT2D eigenvalue weighted by Gasteiger charge is -2.36. The van der Waals surface area contributed by atoms with Crippen molar-refractivity contribution in [3.05, 3.63) is 59.2 Å². The van der Waals surface area contributed by atoms with Crippen LogP contribution in [0.2, 0.25) is 0 Å². The molecule has 8 unspecified atom stereocenters. The van der Waals surface area contributed by atoms with Crippen molar-refractivity contribution < 1.29 is 24.2 Å². The van der Waals surface area contributed by atoms with Crippen LogP contribution in [0.4, 0.5) is 5.69 Å². The van der Waals surface area contributed by atoms with Crippen molar-refractivity contribution in [2.45, 2.75) is 90.1 Å². The van der Waals surface area contributed by atoms with Gasteiger partial charge in [-0.1, -0.05) is 44.9 Å². The predicted molar refractivity (Wildman–Crippen MR) is 155 cm³/mol. The monoisotopic (exact) mass is 559 g/mol. The van der Waals surface area contributed by atoms with Crippen LogP contribution in [-0.2, 0) is 25.7 Å². The number of amides is 3. The fourth-order valence-corrected chi connectivity index (χ4v) is 8.04. The molecule has 8 atom stereocenters. The molecule has 0 radical (unpaired) electrons. The number of rotatable bonds is 6. The Morgan fingerprint density at radius 3 is 2.44 bits per heavy atom. The number of aromatic hydroxyl groups is 1. The Morgan fingerprint density at radius 1 is 1.02 bits per heavy atom. The SMILES string of the molecule is Cc1cc(C)cc(NC(=O)C2N(Cc3ccc(O)cc3)C(=O)C3C(C(=O)NC4CCCC(C)C4C)C4CCC32O4)c1. The summed E-state index contributed by atoms with van der Waals surface area (Å²) in [6.07, 6.45) is 3.98. The summed E-state index contributed by atoms with van der Waals surface area (Å²) < 4.78 is 6.61. The normalized spacial score (nSPS) is 34.0. The summed E-state index contributed by atoms with van der Waals surface area (Å²) in [6.45, 7) is 8.57. The number of likely N-dealkylation sites (tertiary alicyclic amines) is 1. The maximum atomic E-state index is 14.3. The highest BCUT2D eigenvalue weighted by Gasteiger charge is 2.74. The van der Waals surface area contributed by atoms with Gasteiger partial charge in [-0.25, -0.2) is 0 Å². The molecule has 218 valence electrons. The fraction of sp³-hybridized carbons (Fsp3) is 0.545. The van der Waals surface area contributed by atoms with Crippen molar-refractivity contribution in [1.82, 2.24) is 10.2 Å². The van der Waals surface area contributed by atoms with E-state index in [0.717, 1.165) is 36.0 Å². The molecule has 0 aromatic heterocycles. The number of carbonyl (C=O) groups excluding carboxylic acids is 3. The summed E-state index contributed by atoms with van der Waals surface area (Å²) in [5.41, 5.74) is 2.46. The van der Waals surface area contributed by atoms with Gasteiger partial charge >= 0.3 is 0 Å². The van der Waals surface area contributed by atoms with Gasteiger partial charge in [0.1, 0.15) is 17.4 Å². The zero-order valence-corrected chi connectivity index (χ0v) is 24.4. The second-order valence-electron chi connectivity index (χ2n) is 12.9. The van der Waals surface area contributed by atoms with Crippen molar-refractivity contribution in [3.8, 4) is 5.75 Å². The molecule has 3 saturated heterocycles. The molecule has 1 saturated carbocycles. The number of aryl methyl sites for hydroxylation is 2.